The molecule has 1 atom stereocenters. The largest absolute Gasteiger partial charge is 0.497 e. The quantitative estimate of drug-likeness (QED) is 0.431. The van der Waals surface area contributed by atoms with Crippen molar-refractivity contribution in [1.29, 1.82) is 0 Å². The van der Waals surface area contributed by atoms with Crippen LogP contribution in [0.4, 0.5) is 11.4 Å². The van der Waals surface area contributed by atoms with E-state index in [1.807, 2.05) is 12.1 Å². The van der Waals surface area contributed by atoms with Gasteiger partial charge in [0.15, 0.2) is 0 Å². The number of carbonyl (C=O) groups excluding carboxylic acids is 1. The zero-order valence-corrected chi connectivity index (χ0v) is 20.5. The van der Waals surface area contributed by atoms with E-state index in [-0.39, 0.29) is 17.4 Å². The fourth-order valence-electron chi connectivity index (χ4n) is 3.63. The first-order valence-electron chi connectivity index (χ1n) is 11.4. The molecule has 0 bridgehead atoms. The summed E-state index contributed by atoms with van der Waals surface area (Å²) in [6.07, 6.45) is 4.13. The molecule has 1 amide bonds. The highest BCUT2D eigenvalue weighted by molar-refractivity contribution is 7.98. The van der Waals surface area contributed by atoms with E-state index in [2.05, 4.69) is 61.7 Å². The molecule has 5 nitrogen and oxygen atoms in total. The maximum absolute atomic E-state index is 12.7. The van der Waals surface area contributed by atoms with Gasteiger partial charge in [-0.2, -0.15) is 0 Å². The molecule has 1 unspecified atom stereocenters. The van der Waals surface area contributed by atoms with Crippen LogP contribution >= 0.6 is 11.8 Å². The molecule has 32 heavy (non-hydrogen) atoms. The SMILES string of the molecule is COc1ccc(CSc2ccc(NCC3CCCCO3)c(NC(=O)CC(C)(C)C)c2)cc1. The number of methoxy groups -OCH3 is 1. The van der Waals surface area contributed by atoms with Gasteiger partial charge in [-0.1, -0.05) is 32.9 Å². The van der Waals surface area contributed by atoms with Gasteiger partial charge in [0.1, 0.15) is 5.75 Å². The van der Waals surface area contributed by atoms with Crippen LogP contribution in [0.3, 0.4) is 0 Å². The number of hydrogen-bond acceptors (Lipinski definition) is 5. The Labute approximate surface area is 196 Å². The van der Waals surface area contributed by atoms with Gasteiger partial charge in [0, 0.05) is 30.2 Å². The zero-order chi connectivity index (χ0) is 23.0. The van der Waals surface area contributed by atoms with Crippen molar-refractivity contribution in [3.05, 3.63) is 48.0 Å². The van der Waals surface area contributed by atoms with E-state index in [1.165, 1.54) is 12.0 Å². The number of rotatable bonds is 9. The monoisotopic (exact) mass is 456 g/mol. The summed E-state index contributed by atoms with van der Waals surface area (Å²) in [6.45, 7) is 7.82. The number of hydrogen-bond donors (Lipinski definition) is 2. The Morgan fingerprint density at radius 2 is 1.91 bits per heavy atom. The average molecular weight is 457 g/mol. The Balaban J connectivity index is 1.69. The van der Waals surface area contributed by atoms with Crippen molar-refractivity contribution in [3.63, 3.8) is 0 Å². The number of anilines is 2. The van der Waals surface area contributed by atoms with Gasteiger partial charge in [0.25, 0.3) is 0 Å². The number of thioether (sulfide) groups is 1. The molecule has 0 saturated carbocycles. The maximum atomic E-state index is 12.7. The standard InChI is InChI=1S/C26H36N2O3S/c1-26(2,3)16-25(29)28-24-15-22(32-18-19-8-10-20(30-4)11-9-19)12-13-23(24)27-17-21-7-5-6-14-31-21/h8-13,15,21,27H,5-7,14,16-18H2,1-4H3,(H,28,29). The van der Waals surface area contributed by atoms with Crippen molar-refractivity contribution in [3.8, 4) is 5.75 Å². The van der Waals surface area contributed by atoms with Crippen LogP contribution in [0.25, 0.3) is 0 Å². The van der Waals surface area contributed by atoms with Crippen molar-refractivity contribution in [2.45, 2.75) is 63.2 Å². The molecule has 1 heterocycles. The van der Waals surface area contributed by atoms with Gasteiger partial charge in [-0.25, -0.2) is 0 Å². The minimum atomic E-state index is -0.0612. The first-order valence-corrected chi connectivity index (χ1v) is 12.4. The summed E-state index contributed by atoms with van der Waals surface area (Å²) < 4.78 is 11.1. The number of ether oxygens (including phenoxy) is 2. The van der Waals surface area contributed by atoms with Crippen LogP contribution in [0.5, 0.6) is 5.75 Å². The van der Waals surface area contributed by atoms with Crippen molar-refractivity contribution < 1.29 is 14.3 Å². The summed E-state index contributed by atoms with van der Waals surface area (Å²) in [5.41, 5.74) is 2.93. The highest BCUT2D eigenvalue weighted by Crippen LogP contribution is 2.32. The van der Waals surface area contributed by atoms with Crippen LogP contribution in [0.2, 0.25) is 0 Å². The van der Waals surface area contributed by atoms with Gasteiger partial charge >= 0.3 is 0 Å². The summed E-state index contributed by atoms with van der Waals surface area (Å²) in [5, 5.41) is 6.64. The van der Waals surface area contributed by atoms with E-state index in [0.717, 1.165) is 53.8 Å². The highest BCUT2D eigenvalue weighted by Gasteiger charge is 2.18. The molecule has 2 aromatic carbocycles. The van der Waals surface area contributed by atoms with Crippen LogP contribution in [-0.4, -0.2) is 32.3 Å². The summed E-state index contributed by atoms with van der Waals surface area (Å²) in [6, 6.07) is 14.4. The molecule has 1 aliphatic heterocycles. The van der Waals surface area contributed by atoms with Gasteiger partial charge in [-0.05, 0) is 60.6 Å². The maximum Gasteiger partial charge on any atom is 0.224 e. The van der Waals surface area contributed by atoms with E-state index in [0.29, 0.717) is 6.42 Å². The van der Waals surface area contributed by atoms with Gasteiger partial charge in [0.2, 0.25) is 5.91 Å². The van der Waals surface area contributed by atoms with E-state index in [4.69, 9.17) is 9.47 Å². The number of nitrogens with one attached hydrogen (secondary N) is 2. The van der Waals surface area contributed by atoms with Crippen molar-refractivity contribution >= 4 is 29.0 Å². The fourth-order valence-corrected chi connectivity index (χ4v) is 4.52. The van der Waals surface area contributed by atoms with Crippen LogP contribution in [0.15, 0.2) is 47.4 Å². The molecule has 3 rings (SSSR count). The topological polar surface area (TPSA) is 59.6 Å². The van der Waals surface area contributed by atoms with Gasteiger partial charge in [-0.3, -0.25) is 4.79 Å². The first-order chi connectivity index (χ1) is 15.3. The summed E-state index contributed by atoms with van der Waals surface area (Å²) >= 11 is 1.75. The number of amides is 1. The summed E-state index contributed by atoms with van der Waals surface area (Å²) in [4.78, 5) is 13.8. The Morgan fingerprint density at radius 1 is 1.12 bits per heavy atom. The molecule has 0 radical (unpaired) electrons. The molecule has 1 saturated heterocycles. The Bertz CT molecular complexity index is 872. The smallest absolute Gasteiger partial charge is 0.224 e. The zero-order valence-electron chi connectivity index (χ0n) is 19.7. The third-order valence-electron chi connectivity index (χ3n) is 5.31. The minimum absolute atomic E-state index is 0.0340. The molecule has 0 aliphatic carbocycles. The predicted octanol–water partition coefficient (Wildman–Crippen LogP) is 6.34. The van der Waals surface area contributed by atoms with Gasteiger partial charge in [-0.15, -0.1) is 11.8 Å². The van der Waals surface area contributed by atoms with Gasteiger partial charge < -0.3 is 20.1 Å². The van der Waals surface area contributed by atoms with E-state index >= 15 is 0 Å². The lowest BCUT2D eigenvalue weighted by Gasteiger charge is -2.24. The Hall–Kier alpha value is -2.18. The average Bonchev–Trinajstić information content (AvgIpc) is 2.77. The highest BCUT2D eigenvalue weighted by atomic mass is 32.2. The summed E-state index contributed by atoms with van der Waals surface area (Å²) in [5.74, 6) is 1.74. The van der Waals surface area contributed by atoms with Crippen molar-refractivity contribution in [1.82, 2.24) is 0 Å². The third kappa shape index (κ3) is 8.06. The molecule has 174 valence electrons. The van der Waals surface area contributed by atoms with Gasteiger partial charge in [0.05, 0.1) is 24.6 Å². The van der Waals surface area contributed by atoms with E-state index in [1.54, 1.807) is 18.9 Å². The van der Waals surface area contributed by atoms with Crippen LogP contribution < -0.4 is 15.4 Å². The lowest BCUT2D eigenvalue weighted by Crippen LogP contribution is -2.27. The molecular formula is C26H36N2O3S. The van der Waals surface area contributed by atoms with Crippen molar-refractivity contribution in [2.75, 3.05) is 30.9 Å². The molecular weight excluding hydrogens is 420 g/mol. The normalized spacial score (nSPS) is 16.4. The second-order valence-electron chi connectivity index (χ2n) is 9.50. The number of benzene rings is 2. The lowest BCUT2D eigenvalue weighted by molar-refractivity contribution is -0.117. The van der Waals surface area contributed by atoms with E-state index in [9.17, 15) is 4.79 Å². The molecule has 1 aliphatic rings. The molecule has 1 fully saturated rings. The molecule has 2 N–H and O–H groups in total. The second-order valence-corrected chi connectivity index (χ2v) is 10.5. The van der Waals surface area contributed by atoms with E-state index < -0.39 is 0 Å². The minimum Gasteiger partial charge on any atom is -0.497 e. The van der Waals surface area contributed by atoms with Crippen molar-refractivity contribution in [2.24, 2.45) is 5.41 Å². The Kier molecular flexibility index (Phi) is 8.88. The number of carbonyl (C=O) groups is 1. The lowest BCUT2D eigenvalue weighted by atomic mass is 9.92. The third-order valence-corrected chi connectivity index (χ3v) is 6.38. The molecule has 2 aromatic rings. The fraction of sp³-hybridized carbons (Fsp3) is 0.500. The summed E-state index contributed by atoms with van der Waals surface area (Å²) in [7, 11) is 1.68. The van der Waals surface area contributed by atoms with Crippen LogP contribution in [-0.2, 0) is 15.3 Å². The van der Waals surface area contributed by atoms with Crippen LogP contribution in [0, 0.1) is 5.41 Å². The molecule has 0 aromatic heterocycles. The van der Waals surface area contributed by atoms with Crippen LogP contribution in [0.1, 0.15) is 52.0 Å². The first kappa shape index (κ1) is 24.5. The molecule has 6 heteroatoms. The predicted molar refractivity (Wildman–Crippen MR) is 134 cm³/mol. The Morgan fingerprint density at radius 3 is 2.56 bits per heavy atom. The molecule has 0 spiro atoms. The second kappa shape index (κ2) is 11.6.